The molecule has 3 N–H and O–H groups in total. The summed E-state index contributed by atoms with van der Waals surface area (Å²) in [6, 6.07) is 13.9. The van der Waals surface area contributed by atoms with Crippen LogP contribution >= 0.6 is 11.6 Å². The minimum atomic E-state index is -0.791. The second-order valence-corrected chi connectivity index (χ2v) is 7.46. The van der Waals surface area contributed by atoms with E-state index in [-0.39, 0.29) is 18.3 Å². The Labute approximate surface area is 193 Å². The molecule has 10 heteroatoms. The Hall–Kier alpha value is -4.11. The number of carbonyl (C=O) groups excluding carboxylic acids is 2. The Morgan fingerprint density at radius 2 is 1.97 bits per heavy atom. The number of hydrogen-bond donors (Lipinski definition) is 3. The van der Waals surface area contributed by atoms with Crippen LogP contribution in [0.5, 0.6) is 0 Å². The first kappa shape index (κ1) is 22.1. The molecule has 0 fully saturated rings. The van der Waals surface area contributed by atoms with Crippen molar-refractivity contribution in [3.8, 4) is 5.69 Å². The summed E-state index contributed by atoms with van der Waals surface area (Å²) in [5, 5.41) is 5.93. The standard InChI is InChI=1S/C23H20ClN5O4/c1-2-33-22(31)20-21(30)28-17-10-16(24)19(11-18(17)27-20)29-9-8-14(13-29)12-25-23(32)26-15-6-4-3-5-7-15/h3-11,13H,2,12H2,1H3,(H,28,30)(H2,25,26,32). The molecule has 33 heavy (non-hydrogen) atoms. The molecule has 4 aromatic rings. The van der Waals surface area contributed by atoms with Crippen LogP contribution in [0, 0.1) is 0 Å². The van der Waals surface area contributed by atoms with Crippen LogP contribution < -0.4 is 16.2 Å². The Morgan fingerprint density at radius 3 is 2.73 bits per heavy atom. The zero-order valence-corrected chi connectivity index (χ0v) is 18.3. The fourth-order valence-electron chi connectivity index (χ4n) is 3.21. The van der Waals surface area contributed by atoms with Crippen LogP contribution in [-0.2, 0) is 11.3 Å². The molecule has 9 nitrogen and oxygen atoms in total. The number of nitrogens with one attached hydrogen (secondary N) is 3. The Bertz CT molecular complexity index is 1380. The van der Waals surface area contributed by atoms with Crippen LogP contribution in [0.2, 0.25) is 5.02 Å². The fourth-order valence-corrected chi connectivity index (χ4v) is 3.47. The summed E-state index contributed by atoms with van der Waals surface area (Å²) in [7, 11) is 0. The topological polar surface area (TPSA) is 118 Å². The molecule has 2 amide bonds. The molecule has 0 spiro atoms. The van der Waals surface area contributed by atoms with Gasteiger partial charge in [-0.15, -0.1) is 0 Å². The molecule has 2 aromatic heterocycles. The number of ether oxygens (including phenoxy) is 1. The van der Waals surface area contributed by atoms with Crippen molar-refractivity contribution >= 4 is 40.3 Å². The van der Waals surface area contributed by atoms with Gasteiger partial charge in [0.2, 0.25) is 5.69 Å². The van der Waals surface area contributed by atoms with Crippen LogP contribution in [0.3, 0.4) is 0 Å². The monoisotopic (exact) mass is 465 g/mol. The lowest BCUT2D eigenvalue weighted by Crippen LogP contribution is -2.27. The van der Waals surface area contributed by atoms with Crippen LogP contribution in [0.4, 0.5) is 10.5 Å². The Morgan fingerprint density at radius 1 is 1.18 bits per heavy atom. The highest BCUT2D eigenvalue weighted by Crippen LogP contribution is 2.25. The minimum absolute atomic E-state index is 0.132. The largest absolute Gasteiger partial charge is 0.461 e. The van der Waals surface area contributed by atoms with Crippen LogP contribution in [0.1, 0.15) is 23.0 Å². The van der Waals surface area contributed by atoms with E-state index in [1.165, 1.54) is 0 Å². The molecule has 4 rings (SSSR count). The molecule has 168 valence electrons. The number of aromatic nitrogens is 3. The molecule has 0 saturated carbocycles. The fraction of sp³-hybridized carbons (Fsp3) is 0.130. The summed E-state index contributed by atoms with van der Waals surface area (Å²) in [5.41, 5.74) is 1.95. The van der Waals surface area contributed by atoms with E-state index >= 15 is 0 Å². The van der Waals surface area contributed by atoms with Crippen molar-refractivity contribution in [1.29, 1.82) is 0 Å². The van der Waals surface area contributed by atoms with Crippen LogP contribution in [0.15, 0.2) is 65.7 Å². The molecule has 0 aliphatic rings. The van der Waals surface area contributed by atoms with Crippen molar-refractivity contribution in [2.75, 3.05) is 11.9 Å². The van der Waals surface area contributed by atoms with Gasteiger partial charge in [0.15, 0.2) is 0 Å². The second kappa shape index (κ2) is 9.58. The molecule has 2 aromatic carbocycles. The van der Waals surface area contributed by atoms with Gasteiger partial charge in [-0.3, -0.25) is 4.79 Å². The van der Waals surface area contributed by atoms with E-state index in [0.717, 1.165) is 5.56 Å². The van der Waals surface area contributed by atoms with E-state index in [9.17, 15) is 14.4 Å². The van der Waals surface area contributed by atoms with Gasteiger partial charge in [0.25, 0.3) is 5.56 Å². The van der Waals surface area contributed by atoms with Gasteiger partial charge in [0.1, 0.15) is 0 Å². The van der Waals surface area contributed by atoms with Gasteiger partial charge in [-0.2, -0.15) is 0 Å². The van der Waals surface area contributed by atoms with E-state index in [2.05, 4.69) is 20.6 Å². The third-order valence-electron chi connectivity index (χ3n) is 4.75. The van der Waals surface area contributed by atoms with E-state index in [1.807, 2.05) is 30.5 Å². The summed E-state index contributed by atoms with van der Waals surface area (Å²) < 4.78 is 6.66. The maximum Gasteiger partial charge on any atom is 0.362 e. The third-order valence-corrected chi connectivity index (χ3v) is 5.05. The first-order valence-electron chi connectivity index (χ1n) is 10.1. The molecule has 0 aliphatic heterocycles. The molecular formula is C23H20ClN5O4. The van der Waals surface area contributed by atoms with E-state index in [1.54, 1.807) is 42.0 Å². The first-order chi connectivity index (χ1) is 15.9. The van der Waals surface area contributed by atoms with Crippen molar-refractivity contribution in [2.45, 2.75) is 13.5 Å². The van der Waals surface area contributed by atoms with Gasteiger partial charge >= 0.3 is 12.0 Å². The normalized spacial score (nSPS) is 10.7. The highest BCUT2D eigenvalue weighted by molar-refractivity contribution is 6.33. The number of carbonyl (C=O) groups is 2. The molecule has 0 unspecified atom stereocenters. The van der Waals surface area contributed by atoms with Crippen molar-refractivity contribution < 1.29 is 14.3 Å². The SMILES string of the molecule is CCOC(=O)c1nc2cc(-n3ccc(CNC(=O)Nc4ccccc4)c3)c(Cl)cc2[nH]c1=O. The summed E-state index contributed by atoms with van der Waals surface area (Å²) in [6.07, 6.45) is 3.60. The predicted octanol–water partition coefficient (Wildman–Crippen LogP) is 3.87. The smallest absolute Gasteiger partial charge is 0.362 e. The van der Waals surface area contributed by atoms with Crippen molar-refractivity contribution in [3.05, 3.63) is 87.6 Å². The highest BCUT2D eigenvalue weighted by Gasteiger charge is 2.16. The molecule has 0 radical (unpaired) electrons. The second-order valence-electron chi connectivity index (χ2n) is 7.06. The predicted molar refractivity (Wildman–Crippen MR) is 125 cm³/mol. The summed E-state index contributed by atoms with van der Waals surface area (Å²) >= 11 is 6.43. The molecule has 0 atom stereocenters. The van der Waals surface area contributed by atoms with E-state index < -0.39 is 11.5 Å². The van der Waals surface area contributed by atoms with Crippen molar-refractivity contribution in [1.82, 2.24) is 19.9 Å². The average Bonchev–Trinajstić information content (AvgIpc) is 3.26. The summed E-state index contributed by atoms with van der Waals surface area (Å²) in [5.74, 6) is -0.791. The Kier molecular flexibility index (Phi) is 6.41. The van der Waals surface area contributed by atoms with Gasteiger partial charge in [-0.25, -0.2) is 14.6 Å². The molecule has 0 saturated heterocycles. The number of para-hydroxylation sites is 1. The number of nitrogens with zero attached hydrogens (tertiary/aromatic N) is 2. The average molecular weight is 466 g/mol. The molecule has 0 bridgehead atoms. The number of rotatable bonds is 6. The summed E-state index contributed by atoms with van der Waals surface area (Å²) in [4.78, 5) is 43.0. The Balaban J connectivity index is 1.53. The van der Waals surface area contributed by atoms with Crippen LogP contribution in [-0.4, -0.2) is 33.1 Å². The number of aromatic amines is 1. The van der Waals surface area contributed by atoms with Gasteiger partial charge in [-0.1, -0.05) is 29.8 Å². The van der Waals surface area contributed by atoms with Gasteiger partial charge in [0.05, 0.1) is 28.4 Å². The maximum absolute atomic E-state index is 12.2. The van der Waals surface area contributed by atoms with Crippen LogP contribution in [0.25, 0.3) is 16.7 Å². The van der Waals surface area contributed by atoms with E-state index in [4.69, 9.17) is 16.3 Å². The number of halogens is 1. The lowest BCUT2D eigenvalue weighted by molar-refractivity contribution is 0.0517. The van der Waals surface area contributed by atoms with Gasteiger partial charge in [-0.05, 0) is 42.8 Å². The van der Waals surface area contributed by atoms with Crippen molar-refractivity contribution in [2.24, 2.45) is 0 Å². The van der Waals surface area contributed by atoms with E-state index in [0.29, 0.717) is 34.0 Å². The number of anilines is 1. The molecular weight excluding hydrogens is 446 g/mol. The minimum Gasteiger partial charge on any atom is -0.461 e. The maximum atomic E-state index is 12.2. The number of fused-ring (bicyclic) bond motifs is 1. The number of urea groups is 1. The zero-order chi connectivity index (χ0) is 23.4. The number of benzene rings is 2. The quantitative estimate of drug-likeness (QED) is 0.373. The molecule has 2 heterocycles. The summed E-state index contributed by atoms with van der Waals surface area (Å²) in [6.45, 7) is 2.08. The van der Waals surface area contributed by atoms with Gasteiger partial charge in [0, 0.05) is 24.6 Å². The number of esters is 1. The lowest BCUT2D eigenvalue weighted by Gasteiger charge is -2.09. The number of amides is 2. The number of H-pyrrole nitrogens is 1. The number of hydrogen-bond acceptors (Lipinski definition) is 5. The molecule has 0 aliphatic carbocycles. The highest BCUT2D eigenvalue weighted by atomic mass is 35.5. The van der Waals surface area contributed by atoms with Gasteiger partial charge < -0.3 is 24.9 Å². The third kappa shape index (κ3) is 5.04. The lowest BCUT2D eigenvalue weighted by atomic mass is 10.2. The first-order valence-corrected chi connectivity index (χ1v) is 10.5. The van der Waals surface area contributed by atoms with Crippen molar-refractivity contribution in [3.63, 3.8) is 0 Å². The zero-order valence-electron chi connectivity index (χ0n) is 17.6.